The second kappa shape index (κ2) is 8.71. The van der Waals surface area contributed by atoms with Gasteiger partial charge in [0.25, 0.3) is 0 Å². The molecule has 0 saturated carbocycles. The third-order valence-corrected chi connectivity index (χ3v) is 5.59. The first-order valence-corrected chi connectivity index (χ1v) is 10.5. The van der Waals surface area contributed by atoms with Crippen LogP contribution in [0.5, 0.6) is 0 Å². The van der Waals surface area contributed by atoms with Gasteiger partial charge in [-0.2, -0.15) is 0 Å². The molecule has 0 spiro atoms. The van der Waals surface area contributed by atoms with Gasteiger partial charge in [0, 0.05) is 5.69 Å². The van der Waals surface area contributed by atoms with E-state index >= 15 is 0 Å². The maximum atomic E-state index is 12.3. The van der Waals surface area contributed by atoms with E-state index in [1.807, 2.05) is 42.5 Å². The van der Waals surface area contributed by atoms with Crippen LogP contribution >= 0.6 is 0 Å². The van der Waals surface area contributed by atoms with Crippen LogP contribution in [0.2, 0.25) is 0 Å². The molecule has 3 rings (SSSR count). The van der Waals surface area contributed by atoms with Gasteiger partial charge in [0.2, 0.25) is 10.0 Å². The molecule has 28 heavy (non-hydrogen) atoms. The molecule has 0 unspecified atom stereocenters. The van der Waals surface area contributed by atoms with Crippen molar-refractivity contribution >= 4 is 21.7 Å². The molecular weight excluding hydrogens is 374 g/mol. The largest absolute Gasteiger partial charge is 0.478 e. The predicted octanol–water partition coefficient (Wildman–Crippen LogP) is 4.11. The van der Waals surface area contributed by atoms with Gasteiger partial charge in [-0.25, -0.2) is 13.2 Å². The van der Waals surface area contributed by atoms with Crippen molar-refractivity contribution < 1.29 is 18.3 Å². The van der Waals surface area contributed by atoms with Gasteiger partial charge in [-0.05, 0) is 53.8 Å². The topological polar surface area (TPSA) is 83.5 Å². The molecular formula is C22H21NO4S. The summed E-state index contributed by atoms with van der Waals surface area (Å²) in [6, 6.07) is 23.2. The number of aromatic carboxylic acids is 1. The minimum Gasteiger partial charge on any atom is -0.478 e. The van der Waals surface area contributed by atoms with E-state index in [1.54, 1.807) is 36.4 Å². The van der Waals surface area contributed by atoms with Gasteiger partial charge in [-0.1, -0.05) is 54.6 Å². The first kappa shape index (κ1) is 19.6. The number of carboxylic acid groups (broad SMARTS) is 1. The number of rotatable bonds is 8. The second-order valence-electron chi connectivity index (χ2n) is 6.55. The molecule has 0 saturated heterocycles. The van der Waals surface area contributed by atoms with Crippen LogP contribution in [-0.2, 0) is 28.6 Å². The van der Waals surface area contributed by atoms with E-state index in [-0.39, 0.29) is 11.3 Å². The van der Waals surface area contributed by atoms with E-state index in [9.17, 15) is 13.2 Å². The highest BCUT2D eigenvalue weighted by molar-refractivity contribution is 7.91. The van der Waals surface area contributed by atoms with Crippen LogP contribution in [0, 0.1) is 0 Å². The Labute approximate surface area is 164 Å². The van der Waals surface area contributed by atoms with Gasteiger partial charge in [-0.3, -0.25) is 4.72 Å². The van der Waals surface area contributed by atoms with Crippen LogP contribution in [0.1, 0.15) is 27.0 Å². The summed E-state index contributed by atoms with van der Waals surface area (Å²) in [5, 5.41) is 8.92. The summed E-state index contributed by atoms with van der Waals surface area (Å²) in [6.45, 7) is 0. The van der Waals surface area contributed by atoms with E-state index in [4.69, 9.17) is 5.11 Å². The van der Waals surface area contributed by atoms with Crippen LogP contribution in [0.25, 0.3) is 0 Å². The van der Waals surface area contributed by atoms with Crippen molar-refractivity contribution in [2.75, 3.05) is 4.72 Å². The number of benzene rings is 3. The van der Waals surface area contributed by atoms with Crippen LogP contribution in [-0.4, -0.2) is 19.5 Å². The number of hydrogen-bond acceptors (Lipinski definition) is 3. The second-order valence-corrected chi connectivity index (χ2v) is 8.27. The van der Waals surface area contributed by atoms with Gasteiger partial charge in [0.15, 0.2) is 0 Å². The SMILES string of the molecule is O=C(O)c1ccc(CCc2ccc(NS(=O)(=O)Cc3ccccc3)cc2)cc1. The van der Waals surface area contributed by atoms with Gasteiger partial charge < -0.3 is 5.11 Å². The Morgan fingerprint density at radius 1 is 0.750 bits per heavy atom. The van der Waals surface area contributed by atoms with Gasteiger partial charge in [0.05, 0.1) is 11.3 Å². The molecule has 0 aromatic heterocycles. The summed E-state index contributed by atoms with van der Waals surface area (Å²) < 4.78 is 27.2. The molecule has 0 heterocycles. The summed E-state index contributed by atoms with van der Waals surface area (Å²) in [5.41, 5.74) is 3.67. The molecule has 2 N–H and O–H groups in total. The van der Waals surface area contributed by atoms with Crippen molar-refractivity contribution in [2.24, 2.45) is 0 Å². The van der Waals surface area contributed by atoms with Crippen molar-refractivity contribution in [3.63, 3.8) is 0 Å². The monoisotopic (exact) mass is 395 g/mol. The maximum Gasteiger partial charge on any atom is 0.335 e. The molecule has 0 atom stereocenters. The van der Waals surface area contributed by atoms with Crippen molar-refractivity contribution in [1.82, 2.24) is 0 Å². The predicted molar refractivity (Wildman–Crippen MR) is 110 cm³/mol. The lowest BCUT2D eigenvalue weighted by Gasteiger charge is -2.09. The Morgan fingerprint density at radius 2 is 1.29 bits per heavy atom. The lowest BCUT2D eigenvalue weighted by atomic mass is 10.0. The van der Waals surface area contributed by atoms with Crippen molar-refractivity contribution in [3.05, 3.63) is 101 Å². The fourth-order valence-corrected chi connectivity index (χ4v) is 4.05. The van der Waals surface area contributed by atoms with Crippen molar-refractivity contribution in [3.8, 4) is 0 Å². The van der Waals surface area contributed by atoms with E-state index in [1.165, 1.54) is 0 Å². The molecule has 3 aromatic carbocycles. The fraction of sp³-hybridized carbons (Fsp3) is 0.136. The average molecular weight is 395 g/mol. The van der Waals surface area contributed by atoms with Gasteiger partial charge in [0.1, 0.15) is 0 Å². The number of hydrogen-bond donors (Lipinski definition) is 2. The van der Waals surface area contributed by atoms with E-state index < -0.39 is 16.0 Å². The number of carbonyl (C=O) groups is 1. The quantitative estimate of drug-likeness (QED) is 0.601. The highest BCUT2D eigenvalue weighted by Gasteiger charge is 2.11. The standard InChI is InChI=1S/C22H21NO4S/c24-22(25)20-12-8-17(9-13-20)6-7-18-10-14-21(15-11-18)23-28(26,27)16-19-4-2-1-3-5-19/h1-5,8-15,23H,6-7,16H2,(H,24,25). The summed E-state index contributed by atoms with van der Waals surface area (Å²) >= 11 is 0. The number of nitrogens with one attached hydrogen (secondary N) is 1. The minimum absolute atomic E-state index is 0.0675. The summed E-state index contributed by atoms with van der Waals surface area (Å²) in [4.78, 5) is 10.9. The van der Waals surface area contributed by atoms with E-state index in [0.29, 0.717) is 5.69 Å². The van der Waals surface area contributed by atoms with E-state index in [0.717, 1.165) is 29.5 Å². The highest BCUT2D eigenvalue weighted by atomic mass is 32.2. The van der Waals surface area contributed by atoms with Gasteiger partial charge >= 0.3 is 5.97 Å². The molecule has 3 aromatic rings. The molecule has 0 amide bonds. The number of aryl methyl sites for hydroxylation is 2. The Bertz CT molecular complexity index is 1030. The average Bonchev–Trinajstić information content (AvgIpc) is 2.68. The molecule has 0 aliphatic carbocycles. The van der Waals surface area contributed by atoms with Gasteiger partial charge in [-0.15, -0.1) is 0 Å². The smallest absolute Gasteiger partial charge is 0.335 e. The lowest BCUT2D eigenvalue weighted by Crippen LogP contribution is -2.15. The minimum atomic E-state index is -3.46. The molecule has 144 valence electrons. The Kier molecular flexibility index (Phi) is 6.11. The fourth-order valence-electron chi connectivity index (χ4n) is 2.85. The Balaban J connectivity index is 1.56. The Hall–Kier alpha value is -3.12. The molecule has 0 aliphatic rings. The number of sulfonamides is 1. The molecule has 0 bridgehead atoms. The highest BCUT2D eigenvalue weighted by Crippen LogP contribution is 2.16. The zero-order valence-corrected chi connectivity index (χ0v) is 16.0. The molecule has 6 heteroatoms. The summed E-state index contributed by atoms with van der Waals surface area (Å²) in [7, 11) is -3.46. The lowest BCUT2D eigenvalue weighted by molar-refractivity contribution is 0.0697. The van der Waals surface area contributed by atoms with Crippen LogP contribution in [0.15, 0.2) is 78.9 Å². The van der Waals surface area contributed by atoms with Crippen LogP contribution < -0.4 is 4.72 Å². The molecule has 0 fully saturated rings. The van der Waals surface area contributed by atoms with Crippen LogP contribution in [0.3, 0.4) is 0 Å². The third kappa shape index (κ3) is 5.69. The van der Waals surface area contributed by atoms with Crippen molar-refractivity contribution in [2.45, 2.75) is 18.6 Å². The zero-order chi connectivity index (χ0) is 20.0. The normalized spacial score (nSPS) is 11.1. The van der Waals surface area contributed by atoms with Crippen LogP contribution in [0.4, 0.5) is 5.69 Å². The summed E-state index contributed by atoms with van der Waals surface area (Å²) in [6.07, 6.45) is 1.56. The summed E-state index contributed by atoms with van der Waals surface area (Å²) in [5.74, 6) is -1.00. The molecule has 0 radical (unpaired) electrons. The molecule has 5 nitrogen and oxygen atoms in total. The number of anilines is 1. The molecule has 0 aliphatic heterocycles. The van der Waals surface area contributed by atoms with E-state index in [2.05, 4.69) is 4.72 Å². The van der Waals surface area contributed by atoms with Crippen molar-refractivity contribution in [1.29, 1.82) is 0 Å². The third-order valence-electron chi connectivity index (χ3n) is 4.33. The first-order chi connectivity index (χ1) is 13.4. The zero-order valence-electron chi connectivity index (χ0n) is 15.2. The Morgan fingerprint density at radius 3 is 1.82 bits per heavy atom. The number of carboxylic acids is 1. The first-order valence-electron chi connectivity index (χ1n) is 8.87. The maximum absolute atomic E-state index is 12.3.